The Morgan fingerprint density at radius 1 is 1.31 bits per heavy atom. The van der Waals surface area contributed by atoms with E-state index in [4.69, 9.17) is 0 Å². The third kappa shape index (κ3) is 4.42. The molecule has 16 heavy (non-hydrogen) atoms. The van der Waals surface area contributed by atoms with Gasteiger partial charge in [0.05, 0.1) is 0 Å². The quantitative estimate of drug-likeness (QED) is 0.701. The van der Waals surface area contributed by atoms with Gasteiger partial charge < -0.3 is 5.32 Å². The first kappa shape index (κ1) is 14.0. The van der Waals surface area contributed by atoms with E-state index in [0.717, 1.165) is 18.4 Å². The van der Waals surface area contributed by atoms with Crippen LogP contribution >= 0.6 is 0 Å². The van der Waals surface area contributed by atoms with Crippen LogP contribution in [0.3, 0.4) is 0 Å². The van der Waals surface area contributed by atoms with Gasteiger partial charge in [-0.3, -0.25) is 4.90 Å². The number of likely N-dealkylation sites (tertiary alicyclic amines) is 1. The van der Waals surface area contributed by atoms with Gasteiger partial charge >= 0.3 is 0 Å². The molecule has 0 aromatic heterocycles. The van der Waals surface area contributed by atoms with Crippen LogP contribution in [-0.2, 0) is 0 Å². The average Bonchev–Trinajstić information content (AvgIpc) is 2.28. The van der Waals surface area contributed by atoms with Crippen LogP contribution in [0.5, 0.6) is 0 Å². The van der Waals surface area contributed by atoms with Crippen LogP contribution < -0.4 is 5.32 Å². The van der Waals surface area contributed by atoms with Gasteiger partial charge in [-0.2, -0.15) is 0 Å². The molecule has 1 heterocycles. The van der Waals surface area contributed by atoms with Crippen LogP contribution in [0.15, 0.2) is 0 Å². The molecule has 0 radical (unpaired) electrons. The number of rotatable bonds is 6. The van der Waals surface area contributed by atoms with Gasteiger partial charge in [-0.15, -0.1) is 0 Å². The Labute approximate surface area is 102 Å². The lowest BCUT2D eigenvalue weighted by atomic mass is 9.88. The minimum atomic E-state index is 0.701. The molecule has 0 bridgehead atoms. The van der Waals surface area contributed by atoms with Gasteiger partial charge in [0.1, 0.15) is 0 Å². The van der Waals surface area contributed by atoms with E-state index in [2.05, 4.69) is 37.9 Å². The predicted molar refractivity (Wildman–Crippen MR) is 71.8 cm³/mol. The summed E-state index contributed by atoms with van der Waals surface area (Å²) in [4.78, 5) is 2.66. The first-order chi connectivity index (χ1) is 7.65. The minimum Gasteiger partial charge on any atom is -0.315 e. The predicted octanol–water partition coefficient (Wildman–Crippen LogP) is 2.74. The zero-order valence-corrected chi connectivity index (χ0v) is 11.6. The van der Waals surface area contributed by atoms with E-state index >= 15 is 0 Å². The molecule has 0 aromatic rings. The third-order valence-electron chi connectivity index (χ3n) is 4.14. The lowest BCUT2D eigenvalue weighted by molar-refractivity contribution is 0.102. The normalized spacial score (nSPS) is 29.2. The Kier molecular flexibility index (Phi) is 6.37. The Hall–Kier alpha value is -0.0800. The molecule has 2 heteroatoms. The summed E-state index contributed by atoms with van der Waals surface area (Å²) in [5.41, 5.74) is 0. The monoisotopic (exact) mass is 226 g/mol. The third-order valence-corrected chi connectivity index (χ3v) is 4.14. The van der Waals surface area contributed by atoms with Crippen molar-refractivity contribution in [2.45, 2.75) is 53.0 Å². The molecule has 1 N–H and O–H groups in total. The standard InChI is InChI=1S/C14H30N2/c1-5-6-8-15-10-14(4)16-9-7-12(2)13(3)11-16/h12-15H,5-11H2,1-4H3. The summed E-state index contributed by atoms with van der Waals surface area (Å²) in [6.45, 7) is 14.3. The molecule has 96 valence electrons. The van der Waals surface area contributed by atoms with E-state index in [1.807, 2.05) is 0 Å². The van der Waals surface area contributed by atoms with Crippen LogP contribution in [0, 0.1) is 11.8 Å². The molecule has 0 aliphatic carbocycles. The van der Waals surface area contributed by atoms with Crippen LogP contribution in [0.1, 0.15) is 47.0 Å². The number of nitrogens with zero attached hydrogens (tertiary/aromatic N) is 1. The first-order valence-corrected chi connectivity index (χ1v) is 7.09. The summed E-state index contributed by atoms with van der Waals surface area (Å²) in [5, 5.41) is 3.57. The van der Waals surface area contributed by atoms with Gasteiger partial charge in [0.15, 0.2) is 0 Å². The molecular formula is C14H30N2. The lowest BCUT2D eigenvalue weighted by Crippen LogP contribution is -2.47. The number of hydrogen-bond acceptors (Lipinski definition) is 2. The summed E-state index contributed by atoms with van der Waals surface area (Å²) in [7, 11) is 0. The Morgan fingerprint density at radius 2 is 2.06 bits per heavy atom. The second-order valence-corrected chi connectivity index (χ2v) is 5.64. The highest BCUT2D eigenvalue weighted by atomic mass is 15.2. The van der Waals surface area contributed by atoms with Crippen molar-refractivity contribution < 1.29 is 0 Å². The molecule has 0 spiro atoms. The van der Waals surface area contributed by atoms with Gasteiger partial charge in [0, 0.05) is 19.1 Å². The van der Waals surface area contributed by atoms with E-state index in [9.17, 15) is 0 Å². The zero-order chi connectivity index (χ0) is 12.0. The molecular weight excluding hydrogens is 196 g/mol. The van der Waals surface area contributed by atoms with Gasteiger partial charge in [-0.1, -0.05) is 27.2 Å². The Balaban J connectivity index is 2.18. The number of nitrogens with one attached hydrogen (secondary N) is 1. The van der Waals surface area contributed by atoms with Crippen molar-refractivity contribution >= 4 is 0 Å². The Bertz CT molecular complexity index is 182. The molecule has 1 saturated heterocycles. The maximum absolute atomic E-state index is 3.57. The van der Waals surface area contributed by atoms with E-state index in [1.165, 1.54) is 38.9 Å². The molecule has 1 aliphatic heterocycles. The topological polar surface area (TPSA) is 15.3 Å². The van der Waals surface area contributed by atoms with Crippen molar-refractivity contribution in [3.63, 3.8) is 0 Å². The zero-order valence-electron chi connectivity index (χ0n) is 11.6. The second-order valence-electron chi connectivity index (χ2n) is 5.64. The molecule has 2 nitrogen and oxygen atoms in total. The highest BCUT2D eigenvalue weighted by Crippen LogP contribution is 2.23. The van der Waals surface area contributed by atoms with Crippen molar-refractivity contribution in [1.29, 1.82) is 0 Å². The van der Waals surface area contributed by atoms with E-state index < -0.39 is 0 Å². The van der Waals surface area contributed by atoms with Gasteiger partial charge in [0.2, 0.25) is 0 Å². The highest BCUT2D eigenvalue weighted by molar-refractivity contribution is 4.79. The molecule has 3 unspecified atom stereocenters. The lowest BCUT2D eigenvalue weighted by Gasteiger charge is -2.39. The largest absolute Gasteiger partial charge is 0.315 e. The maximum atomic E-state index is 3.57. The van der Waals surface area contributed by atoms with Crippen molar-refractivity contribution in [2.75, 3.05) is 26.2 Å². The van der Waals surface area contributed by atoms with Crippen molar-refractivity contribution in [3.05, 3.63) is 0 Å². The van der Waals surface area contributed by atoms with Gasteiger partial charge in [0.25, 0.3) is 0 Å². The first-order valence-electron chi connectivity index (χ1n) is 7.09. The van der Waals surface area contributed by atoms with Gasteiger partial charge in [-0.05, 0) is 44.7 Å². The van der Waals surface area contributed by atoms with Crippen molar-refractivity contribution in [2.24, 2.45) is 11.8 Å². The summed E-state index contributed by atoms with van der Waals surface area (Å²) in [6.07, 6.45) is 3.97. The summed E-state index contributed by atoms with van der Waals surface area (Å²) in [5.74, 6) is 1.78. The van der Waals surface area contributed by atoms with Crippen molar-refractivity contribution in [1.82, 2.24) is 10.2 Å². The van der Waals surface area contributed by atoms with E-state index in [1.54, 1.807) is 0 Å². The van der Waals surface area contributed by atoms with E-state index in [-0.39, 0.29) is 0 Å². The number of hydrogen-bond donors (Lipinski definition) is 1. The smallest absolute Gasteiger partial charge is 0.0192 e. The number of piperidine rings is 1. The molecule has 0 amide bonds. The molecule has 1 aliphatic rings. The van der Waals surface area contributed by atoms with Crippen LogP contribution in [-0.4, -0.2) is 37.1 Å². The van der Waals surface area contributed by atoms with Gasteiger partial charge in [-0.25, -0.2) is 0 Å². The highest BCUT2D eigenvalue weighted by Gasteiger charge is 2.25. The van der Waals surface area contributed by atoms with Crippen LogP contribution in [0.4, 0.5) is 0 Å². The SMILES string of the molecule is CCCCNCC(C)N1CCC(C)C(C)C1. The van der Waals surface area contributed by atoms with Crippen molar-refractivity contribution in [3.8, 4) is 0 Å². The molecule has 1 rings (SSSR count). The van der Waals surface area contributed by atoms with E-state index in [0.29, 0.717) is 6.04 Å². The minimum absolute atomic E-state index is 0.701. The second kappa shape index (κ2) is 7.29. The molecule has 1 fully saturated rings. The number of unbranched alkanes of at least 4 members (excludes halogenated alkanes) is 1. The fourth-order valence-electron chi connectivity index (χ4n) is 2.44. The fourth-order valence-corrected chi connectivity index (χ4v) is 2.44. The summed E-state index contributed by atoms with van der Waals surface area (Å²) >= 11 is 0. The molecule has 0 saturated carbocycles. The summed E-state index contributed by atoms with van der Waals surface area (Å²) < 4.78 is 0. The molecule has 3 atom stereocenters. The molecule has 0 aromatic carbocycles. The Morgan fingerprint density at radius 3 is 2.69 bits per heavy atom. The average molecular weight is 226 g/mol. The fraction of sp³-hybridized carbons (Fsp3) is 1.00. The summed E-state index contributed by atoms with van der Waals surface area (Å²) in [6, 6.07) is 0.701. The van der Waals surface area contributed by atoms with Crippen LogP contribution in [0.25, 0.3) is 0 Å². The maximum Gasteiger partial charge on any atom is 0.0192 e. The van der Waals surface area contributed by atoms with Crippen LogP contribution in [0.2, 0.25) is 0 Å².